The molecule has 1 amide bonds. The Morgan fingerprint density at radius 2 is 2.29 bits per heavy atom. The van der Waals surface area contributed by atoms with Crippen LogP contribution >= 0.6 is 11.6 Å². The average Bonchev–Trinajstić information content (AvgIpc) is 2.71. The van der Waals surface area contributed by atoms with Crippen molar-refractivity contribution in [2.45, 2.75) is 25.4 Å². The van der Waals surface area contributed by atoms with Gasteiger partial charge < -0.3 is 10.2 Å². The largest absolute Gasteiger partial charge is 0.352 e. The molecule has 2 atom stereocenters. The number of hydrogen-bond donors (Lipinski definition) is 1. The minimum absolute atomic E-state index is 0.0465. The average molecular weight is 255 g/mol. The van der Waals surface area contributed by atoms with Gasteiger partial charge in [-0.3, -0.25) is 4.79 Å². The molecule has 0 spiro atoms. The molecule has 3 nitrogen and oxygen atoms in total. The molecule has 1 saturated heterocycles. The highest BCUT2D eigenvalue weighted by atomic mass is 35.5. The highest BCUT2D eigenvalue weighted by Gasteiger charge is 2.42. The zero-order chi connectivity index (χ0) is 12.2. The van der Waals surface area contributed by atoms with Gasteiger partial charge in [0.25, 0.3) is 0 Å². The Morgan fingerprint density at radius 3 is 3.06 bits per heavy atom. The van der Waals surface area contributed by atoms with Crippen LogP contribution in [0.5, 0.6) is 0 Å². The molecule has 0 unspecified atom stereocenters. The first-order valence-electron chi connectivity index (χ1n) is 5.62. The number of rotatable bonds is 0. The van der Waals surface area contributed by atoms with Gasteiger partial charge in [-0.05, 0) is 24.6 Å². The van der Waals surface area contributed by atoms with Gasteiger partial charge in [0.05, 0.1) is 5.69 Å². The number of benzene rings is 1. The number of nitrogens with one attached hydrogen (secondary N) is 1. The molecule has 2 aliphatic rings. The minimum Gasteiger partial charge on any atom is -0.352 e. The van der Waals surface area contributed by atoms with Gasteiger partial charge in [0.1, 0.15) is 11.9 Å². The number of hydrogen-bond acceptors (Lipinski definition) is 2. The summed E-state index contributed by atoms with van der Waals surface area (Å²) >= 11 is 6.08. The van der Waals surface area contributed by atoms with Gasteiger partial charge in [-0.15, -0.1) is 0 Å². The van der Waals surface area contributed by atoms with Crippen LogP contribution in [0.4, 0.5) is 10.1 Å². The Kier molecular flexibility index (Phi) is 2.30. The summed E-state index contributed by atoms with van der Waals surface area (Å²) in [6, 6.07) is 2.69. The molecule has 5 heteroatoms. The fraction of sp³-hybridized carbons (Fsp3) is 0.417. The molecule has 1 N–H and O–H groups in total. The van der Waals surface area contributed by atoms with Crippen LogP contribution < -0.4 is 10.2 Å². The summed E-state index contributed by atoms with van der Waals surface area (Å²) in [5.74, 6) is -0.344. The van der Waals surface area contributed by atoms with Crippen LogP contribution in [0.2, 0.25) is 5.02 Å². The number of carbonyl (C=O) groups excluding carboxylic acids is 1. The fourth-order valence-corrected chi connectivity index (χ4v) is 2.94. The third-order valence-corrected chi connectivity index (χ3v) is 3.87. The summed E-state index contributed by atoms with van der Waals surface area (Å²) in [6.07, 6.45) is 0.488. The summed E-state index contributed by atoms with van der Waals surface area (Å²) < 4.78 is 13.9. The number of fused-ring (bicyclic) bond motifs is 3. The van der Waals surface area contributed by atoms with E-state index in [1.807, 2.05) is 11.8 Å². The maximum atomic E-state index is 13.9. The number of nitrogens with zero attached hydrogens (tertiary/aromatic N) is 1. The van der Waals surface area contributed by atoms with Crippen molar-refractivity contribution >= 4 is 23.2 Å². The second kappa shape index (κ2) is 3.60. The Labute approximate surface area is 104 Å². The van der Waals surface area contributed by atoms with Crippen molar-refractivity contribution in [1.29, 1.82) is 0 Å². The molecule has 1 aromatic rings. The van der Waals surface area contributed by atoms with Crippen molar-refractivity contribution < 1.29 is 9.18 Å². The third kappa shape index (κ3) is 1.43. The quantitative estimate of drug-likeness (QED) is 0.765. The molecule has 3 rings (SSSR count). The Hall–Kier alpha value is -1.29. The van der Waals surface area contributed by atoms with Crippen molar-refractivity contribution in [3.05, 3.63) is 28.5 Å². The van der Waals surface area contributed by atoms with Crippen LogP contribution in [0.1, 0.15) is 12.5 Å². The number of piperazine rings is 1. The number of halogens is 2. The van der Waals surface area contributed by atoms with Crippen molar-refractivity contribution in [2.75, 3.05) is 11.4 Å². The maximum absolute atomic E-state index is 13.9. The summed E-state index contributed by atoms with van der Waals surface area (Å²) in [7, 11) is 0. The molecule has 0 aliphatic carbocycles. The molecule has 17 heavy (non-hydrogen) atoms. The second-order valence-corrected chi connectivity index (χ2v) is 4.98. The van der Waals surface area contributed by atoms with E-state index in [4.69, 9.17) is 11.6 Å². The monoisotopic (exact) mass is 254 g/mol. The first-order chi connectivity index (χ1) is 8.09. The highest BCUT2D eigenvalue weighted by Crippen LogP contribution is 2.40. The lowest BCUT2D eigenvalue weighted by Gasteiger charge is -2.37. The van der Waals surface area contributed by atoms with E-state index >= 15 is 0 Å². The Morgan fingerprint density at radius 1 is 1.53 bits per heavy atom. The van der Waals surface area contributed by atoms with Crippen molar-refractivity contribution in [1.82, 2.24) is 5.32 Å². The summed E-state index contributed by atoms with van der Waals surface area (Å²) in [6.45, 7) is 2.52. The molecule has 0 radical (unpaired) electrons. The molecule has 2 aliphatic heterocycles. The predicted octanol–water partition coefficient (Wildman–Crippen LogP) is 1.73. The van der Waals surface area contributed by atoms with Crippen LogP contribution in [0.3, 0.4) is 0 Å². The van der Waals surface area contributed by atoms with Crippen molar-refractivity contribution in [3.8, 4) is 0 Å². The summed E-state index contributed by atoms with van der Waals surface area (Å²) in [5, 5.41) is 3.37. The molecule has 1 aromatic carbocycles. The van der Waals surface area contributed by atoms with E-state index < -0.39 is 0 Å². The van der Waals surface area contributed by atoms with Crippen LogP contribution in [0, 0.1) is 5.82 Å². The number of amides is 1. The van der Waals surface area contributed by atoms with Crippen LogP contribution in [-0.4, -0.2) is 24.5 Å². The fourth-order valence-electron chi connectivity index (χ4n) is 2.72. The Balaban J connectivity index is 2.16. The second-order valence-electron chi connectivity index (χ2n) is 4.58. The van der Waals surface area contributed by atoms with Gasteiger partial charge in [0.15, 0.2) is 0 Å². The lowest BCUT2D eigenvalue weighted by molar-refractivity contribution is -0.123. The maximum Gasteiger partial charge on any atom is 0.243 e. The predicted molar refractivity (Wildman–Crippen MR) is 63.9 cm³/mol. The topological polar surface area (TPSA) is 32.3 Å². The highest BCUT2D eigenvalue weighted by molar-refractivity contribution is 6.32. The zero-order valence-corrected chi connectivity index (χ0v) is 10.1. The standard InChI is InChI=1S/C12H12ClFN2O/c1-6-5-15-12(17)10-4-7-8(13)2-3-9(14)11(7)16(6)10/h2-3,6,10H,4-5H2,1H3,(H,15,17)/t6-,10+/m1/s1. The van der Waals surface area contributed by atoms with Crippen molar-refractivity contribution in [3.63, 3.8) is 0 Å². The van der Waals surface area contributed by atoms with Gasteiger partial charge in [-0.2, -0.15) is 0 Å². The van der Waals surface area contributed by atoms with Gasteiger partial charge >= 0.3 is 0 Å². The van der Waals surface area contributed by atoms with Gasteiger partial charge in [-0.25, -0.2) is 4.39 Å². The number of anilines is 1. The van der Waals surface area contributed by atoms with Crippen LogP contribution in [0.25, 0.3) is 0 Å². The smallest absolute Gasteiger partial charge is 0.243 e. The number of carbonyl (C=O) groups is 1. The third-order valence-electron chi connectivity index (χ3n) is 3.52. The van der Waals surface area contributed by atoms with Crippen molar-refractivity contribution in [2.24, 2.45) is 0 Å². The first kappa shape index (κ1) is 10.8. The molecular formula is C12H12ClFN2O. The molecule has 2 heterocycles. The zero-order valence-electron chi connectivity index (χ0n) is 9.34. The van der Waals surface area contributed by atoms with E-state index in [1.54, 1.807) is 6.07 Å². The molecule has 0 saturated carbocycles. The lowest BCUT2D eigenvalue weighted by Crippen LogP contribution is -2.58. The summed E-state index contributed by atoms with van der Waals surface area (Å²) in [4.78, 5) is 13.7. The normalized spacial score (nSPS) is 26.5. The van der Waals surface area contributed by atoms with E-state index in [1.165, 1.54) is 6.07 Å². The molecule has 1 fully saturated rings. The molecular weight excluding hydrogens is 243 g/mol. The van der Waals surface area contributed by atoms with E-state index in [-0.39, 0.29) is 23.8 Å². The SMILES string of the molecule is C[C@@H]1CNC(=O)[C@@H]2Cc3c(Cl)ccc(F)c3N12. The lowest BCUT2D eigenvalue weighted by atomic mass is 10.1. The Bertz CT molecular complexity index is 506. The van der Waals surface area contributed by atoms with E-state index in [2.05, 4.69) is 5.32 Å². The van der Waals surface area contributed by atoms with Gasteiger partial charge in [0, 0.05) is 24.0 Å². The molecule has 90 valence electrons. The van der Waals surface area contributed by atoms with Gasteiger partial charge in [0.2, 0.25) is 5.91 Å². The first-order valence-corrected chi connectivity index (χ1v) is 6.00. The van der Waals surface area contributed by atoms with Crippen LogP contribution in [0.15, 0.2) is 12.1 Å². The minimum atomic E-state index is -0.317. The molecule has 0 bridgehead atoms. The van der Waals surface area contributed by atoms with E-state index in [0.717, 1.165) is 5.56 Å². The van der Waals surface area contributed by atoms with E-state index in [0.29, 0.717) is 23.7 Å². The molecule has 0 aromatic heterocycles. The van der Waals surface area contributed by atoms with Gasteiger partial charge in [-0.1, -0.05) is 11.6 Å². The van der Waals surface area contributed by atoms with Crippen LogP contribution in [-0.2, 0) is 11.2 Å². The summed E-state index contributed by atoms with van der Waals surface area (Å²) in [5.41, 5.74) is 1.26. The van der Waals surface area contributed by atoms with E-state index in [9.17, 15) is 9.18 Å².